The minimum absolute atomic E-state index is 0.0207. The lowest BCUT2D eigenvalue weighted by molar-refractivity contribution is -0.0148. The molecule has 0 aliphatic rings. The Labute approximate surface area is 95.8 Å². The van der Waals surface area contributed by atoms with Gasteiger partial charge in [-0.25, -0.2) is 0 Å². The molecule has 0 aliphatic heterocycles. The van der Waals surface area contributed by atoms with Crippen molar-refractivity contribution in [3.63, 3.8) is 0 Å². The summed E-state index contributed by atoms with van der Waals surface area (Å²) in [4.78, 5) is 0. The third-order valence-electron chi connectivity index (χ3n) is 2.46. The van der Waals surface area contributed by atoms with Gasteiger partial charge in [0.05, 0.1) is 12.2 Å². The first kappa shape index (κ1) is 14.9. The maximum absolute atomic E-state index is 5.78. The van der Waals surface area contributed by atoms with Crippen LogP contribution in [0.1, 0.15) is 53.9 Å². The molecule has 2 heteroatoms. The molecule has 0 bridgehead atoms. The summed E-state index contributed by atoms with van der Waals surface area (Å²) in [5, 5.41) is 3.32. The monoisotopic (exact) mass is 215 g/mol. The first-order chi connectivity index (χ1) is 6.85. The van der Waals surface area contributed by atoms with Gasteiger partial charge < -0.3 is 10.1 Å². The smallest absolute Gasteiger partial charge is 0.0626 e. The largest absolute Gasteiger partial charge is 0.374 e. The summed E-state index contributed by atoms with van der Waals surface area (Å²) in [5.41, 5.74) is -0.0207. The Morgan fingerprint density at radius 2 is 1.73 bits per heavy atom. The van der Waals surface area contributed by atoms with Crippen LogP contribution in [0.15, 0.2) is 0 Å². The molecule has 0 heterocycles. The standard InChI is InChI=1S/C13H29NO/c1-11(2)8-7-9-12(14-6)10-15-13(3,4)5/h11-12,14H,7-10H2,1-6H3. The average molecular weight is 215 g/mol. The molecule has 0 rings (SSSR count). The van der Waals surface area contributed by atoms with Crippen LogP contribution in [0, 0.1) is 5.92 Å². The summed E-state index contributed by atoms with van der Waals surface area (Å²) < 4.78 is 5.78. The second kappa shape index (κ2) is 7.24. The Morgan fingerprint density at radius 3 is 2.13 bits per heavy atom. The molecule has 92 valence electrons. The second-order valence-electron chi connectivity index (χ2n) is 5.73. The molecule has 0 aromatic carbocycles. The predicted octanol–water partition coefficient (Wildman–Crippen LogP) is 3.22. The highest BCUT2D eigenvalue weighted by molar-refractivity contribution is 4.67. The number of hydrogen-bond donors (Lipinski definition) is 1. The minimum Gasteiger partial charge on any atom is -0.374 e. The van der Waals surface area contributed by atoms with Crippen molar-refractivity contribution in [2.75, 3.05) is 13.7 Å². The maximum atomic E-state index is 5.78. The summed E-state index contributed by atoms with van der Waals surface area (Å²) in [7, 11) is 2.02. The van der Waals surface area contributed by atoms with Crippen LogP contribution in [0.2, 0.25) is 0 Å². The third kappa shape index (κ3) is 10.2. The molecule has 0 aromatic rings. The van der Waals surface area contributed by atoms with Gasteiger partial charge in [-0.2, -0.15) is 0 Å². The van der Waals surface area contributed by atoms with E-state index in [1.807, 2.05) is 7.05 Å². The van der Waals surface area contributed by atoms with E-state index in [1.165, 1.54) is 19.3 Å². The van der Waals surface area contributed by atoms with Gasteiger partial charge in [-0.3, -0.25) is 0 Å². The molecule has 1 unspecified atom stereocenters. The zero-order valence-electron chi connectivity index (χ0n) is 11.4. The van der Waals surface area contributed by atoms with Gasteiger partial charge in [-0.1, -0.05) is 26.7 Å². The van der Waals surface area contributed by atoms with Crippen molar-refractivity contribution in [1.82, 2.24) is 5.32 Å². The Hall–Kier alpha value is -0.0800. The molecular weight excluding hydrogens is 186 g/mol. The fourth-order valence-electron chi connectivity index (χ4n) is 1.43. The van der Waals surface area contributed by atoms with Crippen LogP contribution in [0.5, 0.6) is 0 Å². The number of likely N-dealkylation sites (N-methyl/N-ethyl adjacent to an activating group) is 1. The SMILES string of the molecule is CNC(CCCC(C)C)COC(C)(C)C. The van der Waals surface area contributed by atoms with Gasteiger partial charge in [0.2, 0.25) is 0 Å². The first-order valence-corrected chi connectivity index (χ1v) is 6.16. The summed E-state index contributed by atoms with van der Waals surface area (Å²) in [6.45, 7) is 11.7. The van der Waals surface area contributed by atoms with Crippen LogP contribution in [0.25, 0.3) is 0 Å². The van der Waals surface area contributed by atoms with E-state index in [0.29, 0.717) is 6.04 Å². The van der Waals surface area contributed by atoms with Crippen LogP contribution in [0.4, 0.5) is 0 Å². The van der Waals surface area contributed by atoms with E-state index in [9.17, 15) is 0 Å². The minimum atomic E-state index is -0.0207. The van der Waals surface area contributed by atoms with E-state index in [1.54, 1.807) is 0 Å². The first-order valence-electron chi connectivity index (χ1n) is 6.16. The van der Waals surface area contributed by atoms with Gasteiger partial charge in [0.25, 0.3) is 0 Å². The van der Waals surface area contributed by atoms with Crippen LogP contribution >= 0.6 is 0 Å². The molecule has 0 amide bonds. The Kier molecular flexibility index (Phi) is 7.20. The number of hydrogen-bond acceptors (Lipinski definition) is 2. The highest BCUT2D eigenvalue weighted by Gasteiger charge is 2.14. The van der Waals surface area contributed by atoms with E-state index in [0.717, 1.165) is 12.5 Å². The molecule has 0 aromatic heterocycles. The average Bonchev–Trinajstić information content (AvgIpc) is 2.08. The zero-order chi connectivity index (χ0) is 11.9. The van der Waals surface area contributed by atoms with Gasteiger partial charge in [0.1, 0.15) is 0 Å². The van der Waals surface area contributed by atoms with Crippen molar-refractivity contribution in [2.24, 2.45) is 5.92 Å². The number of ether oxygens (including phenoxy) is 1. The van der Waals surface area contributed by atoms with Crippen molar-refractivity contribution >= 4 is 0 Å². The van der Waals surface area contributed by atoms with Gasteiger partial charge in [0, 0.05) is 6.04 Å². The molecule has 0 radical (unpaired) electrons. The van der Waals surface area contributed by atoms with E-state index < -0.39 is 0 Å². The third-order valence-corrected chi connectivity index (χ3v) is 2.46. The van der Waals surface area contributed by atoms with Crippen molar-refractivity contribution in [1.29, 1.82) is 0 Å². The quantitative estimate of drug-likeness (QED) is 0.704. The molecule has 1 N–H and O–H groups in total. The molecule has 0 fully saturated rings. The molecule has 2 nitrogen and oxygen atoms in total. The van der Waals surface area contributed by atoms with Gasteiger partial charge >= 0.3 is 0 Å². The Morgan fingerprint density at radius 1 is 1.13 bits per heavy atom. The Bertz CT molecular complexity index is 149. The highest BCUT2D eigenvalue weighted by Crippen LogP contribution is 2.11. The molecule has 0 spiro atoms. The lowest BCUT2D eigenvalue weighted by Gasteiger charge is -2.24. The van der Waals surface area contributed by atoms with E-state index >= 15 is 0 Å². The van der Waals surface area contributed by atoms with E-state index in [-0.39, 0.29) is 5.60 Å². The lowest BCUT2D eigenvalue weighted by atomic mass is 10.0. The van der Waals surface area contributed by atoms with Crippen molar-refractivity contribution < 1.29 is 4.74 Å². The second-order valence-corrected chi connectivity index (χ2v) is 5.73. The van der Waals surface area contributed by atoms with Crippen LogP contribution in [-0.2, 0) is 4.74 Å². The molecule has 1 atom stereocenters. The predicted molar refractivity (Wildman–Crippen MR) is 67.2 cm³/mol. The van der Waals surface area contributed by atoms with Gasteiger partial charge in [0.15, 0.2) is 0 Å². The highest BCUT2D eigenvalue weighted by atomic mass is 16.5. The Balaban J connectivity index is 3.64. The van der Waals surface area contributed by atoms with Gasteiger partial charge in [-0.05, 0) is 40.2 Å². The summed E-state index contributed by atoms with van der Waals surface area (Å²) in [5.74, 6) is 0.811. The van der Waals surface area contributed by atoms with Crippen molar-refractivity contribution in [3.8, 4) is 0 Å². The fraction of sp³-hybridized carbons (Fsp3) is 1.00. The number of nitrogens with one attached hydrogen (secondary N) is 1. The fourth-order valence-corrected chi connectivity index (χ4v) is 1.43. The summed E-state index contributed by atoms with van der Waals surface area (Å²) in [6.07, 6.45) is 3.81. The van der Waals surface area contributed by atoms with E-state index in [2.05, 4.69) is 39.9 Å². The van der Waals surface area contributed by atoms with E-state index in [4.69, 9.17) is 4.74 Å². The van der Waals surface area contributed by atoms with Gasteiger partial charge in [-0.15, -0.1) is 0 Å². The van der Waals surface area contributed by atoms with Crippen LogP contribution < -0.4 is 5.32 Å². The molecular formula is C13H29NO. The summed E-state index contributed by atoms with van der Waals surface area (Å²) in [6, 6.07) is 0.503. The topological polar surface area (TPSA) is 21.3 Å². The maximum Gasteiger partial charge on any atom is 0.0626 e. The summed E-state index contributed by atoms with van der Waals surface area (Å²) >= 11 is 0. The van der Waals surface area contributed by atoms with Crippen LogP contribution in [0.3, 0.4) is 0 Å². The van der Waals surface area contributed by atoms with Crippen molar-refractivity contribution in [2.45, 2.75) is 65.5 Å². The molecule has 0 aliphatic carbocycles. The molecule has 0 saturated carbocycles. The zero-order valence-corrected chi connectivity index (χ0v) is 11.4. The normalized spacial score (nSPS) is 14.6. The van der Waals surface area contributed by atoms with Crippen LogP contribution in [-0.4, -0.2) is 25.3 Å². The lowest BCUT2D eigenvalue weighted by Crippen LogP contribution is -2.34. The van der Waals surface area contributed by atoms with Crippen molar-refractivity contribution in [3.05, 3.63) is 0 Å². The number of rotatable bonds is 7. The molecule has 0 saturated heterocycles. The molecule has 15 heavy (non-hydrogen) atoms.